The minimum absolute atomic E-state index is 0.140. The Morgan fingerprint density at radius 2 is 1.83 bits per heavy atom. The second-order valence-electron chi connectivity index (χ2n) is 8.48. The molecule has 1 aliphatic heterocycles. The lowest BCUT2D eigenvalue weighted by Gasteiger charge is -2.15. The van der Waals surface area contributed by atoms with Crippen molar-refractivity contribution in [1.29, 1.82) is 0 Å². The number of aliphatic carboxylic acids is 1. The lowest BCUT2D eigenvalue weighted by molar-refractivity contribution is -0.139. The number of carbonyl (C=O) groups is 4. The number of aryl methyl sites for hydroxylation is 1. The largest absolute Gasteiger partial charge is 0.480 e. The van der Waals surface area contributed by atoms with Crippen molar-refractivity contribution >= 4 is 41.1 Å². The average molecular weight is 488 g/mol. The fourth-order valence-corrected chi connectivity index (χ4v) is 4.26. The van der Waals surface area contributed by atoms with Gasteiger partial charge >= 0.3 is 11.9 Å². The summed E-state index contributed by atoms with van der Waals surface area (Å²) >= 11 is 0. The Balaban J connectivity index is 1.63. The summed E-state index contributed by atoms with van der Waals surface area (Å²) in [4.78, 5) is 52.7. The number of ether oxygens (including phenoxy) is 1. The van der Waals surface area contributed by atoms with Crippen LogP contribution < -0.4 is 10.6 Å². The first-order valence-electron chi connectivity index (χ1n) is 11.2. The molecule has 184 valence electrons. The monoisotopic (exact) mass is 487 g/mol. The fourth-order valence-electron chi connectivity index (χ4n) is 4.26. The fraction of sp³-hybridized carbons (Fsp3) is 0.185. The van der Waals surface area contributed by atoms with E-state index in [1.54, 1.807) is 50.3 Å². The number of carboxylic acids is 1. The summed E-state index contributed by atoms with van der Waals surface area (Å²) < 4.78 is 4.77. The van der Waals surface area contributed by atoms with Gasteiger partial charge in [-0.05, 0) is 49.2 Å². The standard InChI is InChI=1S/C27H25N3O6/c1-14-21(13-19-18-12-17(27(35)36-3)9-10-20(18)29-24(19)31)28-15(2)23(14)25(32)30-22(26(33)34)11-16-7-5-4-6-8-16/h4-10,12-13,22,28H,11H2,1-3H3,(H,29,31)(H,30,32)(H,33,34)/b19-13-/t22-/m1/s1. The molecule has 1 atom stereocenters. The average Bonchev–Trinajstić information content (AvgIpc) is 3.32. The van der Waals surface area contributed by atoms with Crippen molar-refractivity contribution in [2.24, 2.45) is 0 Å². The van der Waals surface area contributed by atoms with Gasteiger partial charge < -0.3 is 25.5 Å². The van der Waals surface area contributed by atoms with E-state index < -0.39 is 23.9 Å². The Morgan fingerprint density at radius 3 is 2.50 bits per heavy atom. The van der Waals surface area contributed by atoms with E-state index in [2.05, 4.69) is 15.6 Å². The Hall–Kier alpha value is -4.66. The van der Waals surface area contributed by atoms with Gasteiger partial charge in [0.1, 0.15) is 6.04 Å². The van der Waals surface area contributed by atoms with Gasteiger partial charge in [0.05, 0.1) is 23.8 Å². The van der Waals surface area contributed by atoms with E-state index in [0.717, 1.165) is 5.56 Å². The van der Waals surface area contributed by atoms with Crippen molar-refractivity contribution in [3.05, 3.63) is 87.7 Å². The maximum atomic E-state index is 13.1. The molecule has 2 heterocycles. The van der Waals surface area contributed by atoms with E-state index >= 15 is 0 Å². The third-order valence-electron chi connectivity index (χ3n) is 6.10. The van der Waals surface area contributed by atoms with Crippen molar-refractivity contribution in [3.63, 3.8) is 0 Å². The molecule has 3 aromatic rings. The van der Waals surface area contributed by atoms with Gasteiger partial charge in [-0.25, -0.2) is 9.59 Å². The molecule has 0 bridgehead atoms. The van der Waals surface area contributed by atoms with E-state index in [9.17, 15) is 24.3 Å². The predicted molar refractivity (Wildman–Crippen MR) is 134 cm³/mol. The zero-order chi connectivity index (χ0) is 26.0. The third-order valence-corrected chi connectivity index (χ3v) is 6.10. The van der Waals surface area contributed by atoms with Crippen molar-refractivity contribution in [3.8, 4) is 0 Å². The topological polar surface area (TPSA) is 138 Å². The smallest absolute Gasteiger partial charge is 0.337 e. The van der Waals surface area contributed by atoms with Crippen molar-refractivity contribution in [2.45, 2.75) is 26.3 Å². The number of esters is 1. The van der Waals surface area contributed by atoms with Crippen LogP contribution in [0.2, 0.25) is 0 Å². The maximum Gasteiger partial charge on any atom is 0.337 e. The summed E-state index contributed by atoms with van der Waals surface area (Å²) in [5, 5.41) is 15.0. The number of carbonyl (C=O) groups excluding carboxylic acids is 3. The van der Waals surface area contributed by atoms with Crippen LogP contribution in [0.5, 0.6) is 0 Å². The Kier molecular flexibility index (Phi) is 6.73. The number of hydrogen-bond acceptors (Lipinski definition) is 5. The molecular weight excluding hydrogens is 462 g/mol. The van der Waals surface area contributed by atoms with Gasteiger partial charge in [0.25, 0.3) is 11.8 Å². The molecule has 9 nitrogen and oxygen atoms in total. The van der Waals surface area contributed by atoms with Crippen molar-refractivity contribution < 1.29 is 29.0 Å². The molecule has 0 saturated carbocycles. The van der Waals surface area contributed by atoms with Crippen LogP contribution in [0, 0.1) is 13.8 Å². The molecular formula is C27H25N3O6. The SMILES string of the molecule is COC(=O)c1ccc2c(c1)/C(=C/c1[nH]c(C)c(C(=O)N[C@H](Cc3ccccc3)C(=O)O)c1C)C(=O)N2. The van der Waals surface area contributed by atoms with Gasteiger partial charge in [-0.3, -0.25) is 9.59 Å². The predicted octanol–water partition coefficient (Wildman–Crippen LogP) is 3.34. The van der Waals surface area contributed by atoms with E-state index in [0.29, 0.717) is 44.9 Å². The molecule has 0 saturated heterocycles. The molecule has 2 aromatic carbocycles. The molecule has 0 radical (unpaired) electrons. The van der Waals surface area contributed by atoms with Gasteiger partial charge in [-0.2, -0.15) is 0 Å². The van der Waals surface area contributed by atoms with Gasteiger partial charge in [0.15, 0.2) is 0 Å². The molecule has 0 spiro atoms. The number of anilines is 1. The first-order valence-corrected chi connectivity index (χ1v) is 11.2. The van der Waals surface area contributed by atoms with Crippen LogP contribution >= 0.6 is 0 Å². The van der Waals surface area contributed by atoms with Crippen LogP contribution in [-0.4, -0.2) is 47.0 Å². The highest BCUT2D eigenvalue weighted by molar-refractivity contribution is 6.35. The van der Waals surface area contributed by atoms with Crippen LogP contribution in [0.3, 0.4) is 0 Å². The Bertz CT molecular complexity index is 1400. The first-order chi connectivity index (χ1) is 17.2. The van der Waals surface area contributed by atoms with E-state index in [4.69, 9.17) is 4.74 Å². The van der Waals surface area contributed by atoms with Gasteiger partial charge in [0, 0.05) is 29.1 Å². The van der Waals surface area contributed by atoms with Crippen molar-refractivity contribution in [2.75, 3.05) is 12.4 Å². The van der Waals surface area contributed by atoms with Crippen molar-refractivity contribution in [1.82, 2.24) is 10.3 Å². The molecule has 1 aliphatic rings. The number of aromatic nitrogens is 1. The summed E-state index contributed by atoms with van der Waals surface area (Å²) in [6.07, 6.45) is 1.75. The Morgan fingerprint density at radius 1 is 1.11 bits per heavy atom. The number of H-pyrrole nitrogens is 1. The molecule has 4 N–H and O–H groups in total. The lowest BCUT2D eigenvalue weighted by Crippen LogP contribution is -2.42. The summed E-state index contributed by atoms with van der Waals surface area (Å²) in [7, 11) is 1.28. The highest BCUT2D eigenvalue weighted by atomic mass is 16.5. The zero-order valence-electron chi connectivity index (χ0n) is 20.0. The number of methoxy groups -OCH3 is 1. The zero-order valence-corrected chi connectivity index (χ0v) is 20.0. The number of carboxylic acid groups (broad SMARTS) is 1. The molecule has 0 fully saturated rings. The van der Waals surface area contributed by atoms with Gasteiger partial charge in [0.2, 0.25) is 0 Å². The minimum atomic E-state index is -1.14. The second kappa shape index (κ2) is 9.91. The number of aromatic amines is 1. The quantitative estimate of drug-likeness (QED) is 0.298. The third kappa shape index (κ3) is 4.76. The minimum Gasteiger partial charge on any atom is -0.480 e. The van der Waals surface area contributed by atoms with Crippen LogP contribution in [0.15, 0.2) is 48.5 Å². The molecule has 0 unspecified atom stereocenters. The second-order valence-corrected chi connectivity index (χ2v) is 8.48. The molecule has 0 aliphatic carbocycles. The van der Waals surface area contributed by atoms with Crippen LogP contribution in [-0.2, 0) is 20.7 Å². The highest BCUT2D eigenvalue weighted by Crippen LogP contribution is 2.35. The van der Waals surface area contributed by atoms with E-state index in [1.165, 1.54) is 7.11 Å². The van der Waals surface area contributed by atoms with E-state index in [1.807, 2.05) is 18.2 Å². The summed E-state index contributed by atoms with van der Waals surface area (Å²) in [6.45, 7) is 3.42. The molecule has 9 heteroatoms. The summed E-state index contributed by atoms with van der Waals surface area (Å²) in [5.74, 6) is -2.54. The number of benzene rings is 2. The summed E-state index contributed by atoms with van der Waals surface area (Å²) in [5.41, 5.74) is 4.43. The number of fused-ring (bicyclic) bond motifs is 1. The molecule has 1 aromatic heterocycles. The number of rotatable bonds is 7. The lowest BCUT2D eigenvalue weighted by atomic mass is 10.0. The number of amides is 2. The molecule has 2 amide bonds. The van der Waals surface area contributed by atoms with E-state index in [-0.39, 0.29) is 12.3 Å². The maximum absolute atomic E-state index is 13.1. The molecule has 36 heavy (non-hydrogen) atoms. The van der Waals surface area contributed by atoms with Gasteiger partial charge in [-0.1, -0.05) is 30.3 Å². The highest BCUT2D eigenvalue weighted by Gasteiger charge is 2.28. The van der Waals surface area contributed by atoms with Gasteiger partial charge in [-0.15, -0.1) is 0 Å². The number of nitrogens with one attached hydrogen (secondary N) is 3. The summed E-state index contributed by atoms with van der Waals surface area (Å²) in [6, 6.07) is 12.7. The molecule has 4 rings (SSSR count). The first kappa shape index (κ1) is 24.5. The normalized spacial score (nSPS) is 14.2. The Labute approximate surface area is 207 Å². The van der Waals surface area contributed by atoms with Crippen LogP contribution in [0.4, 0.5) is 5.69 Å². The number of hydrogen-bond donors (Lipinski definition) is 4. The van der Waals surface area contributed by atoms with Crippen LogP contribution in [0.1, 0.15) is 48.8 Å². The van der Waals surface area contributed by atoms with Crippen LogP contribution in [0.25, 0.3) is 11.6 Å².